The lowest BCUT2D eigenvalue weighted by atomic mass is 9.79. The fraction of sp³-hybridized carbons (Fsp3) is 0.333. The van der Waals surface area contributed by atoms with E-state index < -0.39 is 0 Å². The van der Waals surface area contributed by atoms with Gasteiger partial charge in [0.1, 0.15) is 5.75 Å². The number of allylic oxidation sites excluding steroid dienone is 1. The lowest BCUT2D eigenvalue weighted by molar-refractivity contribution is 0.314. The molecule has 1 heterocycles. The minimum absolute atomic E-state index is 0.159. The van der Waals surface area contributed by atoms with Gasteiger partial charge in [-0.2, -0.15) is 0 Å². The summed E-state index contributed by atoms with van der Waals surface area (Å²) in [6.07, 6.45) is 0.907. The van der Waals surface area contributed by atoms with Gasteiger partial charge in [-0.3, -0.25) is 0 Å². The molecule has 0 aliphatic carbocycles. The van der Waals surface area contributed by atoms with Gasteiger partial charge >= 0.3 is 0 Å². The van der Waals surface area contributed by atoms with E-state index in [2.05, 4.69) is 32.6 Å². The van der Waals surface area contributed by atoms with E-state index in [-0.39, 0.29) is 5.41 Å². The summed E-state index contributed by atoms with van der Waals surface area (Å²) < 4.78 is 5.57. The zero-order chi connectivity index (χ0) is 9.47. The van der Waals surface area contributed by atoms with Crippen LogP contribution in [-0.4, -0.2) is 0 Å². The molecule has 1 aromatic carbocycles. The Morgan fingerprint density at radius 1 is 1.31 bits per heavy atom. The van der Waals surface area contributed by atoms with E-state index in [0.29, 0.717) is 0 Å². The molecule has 0 radical (unpaired) electrons. The summed E-state index contributed by atoms with van der Waals surface area (Å²) in [5.74, 6) is 1.83. The number of hydrogen-bond acceptors (Lipinski definition) is 1. The van der Waals surface area contributed by atoms with Gasteiger partial charge in [0.15, 0.2) is 0 Å². The van der Waals surface area contributed by atoms with Crippen molar-refractivity contribution in [3.8, 4) is 5.75 Å². The molecular weight excluding hydrogens is 160 g/mol. The van der Waals surface area contributed by atoms with Crippen LogP contribution in [0.15, 0.2) is 36.6 Å². The molecule has 0 spiro atoms. The van der Waals surface area contributed by atoms with Crippen LogP contribution in [0.1, 0.15) is 25.8 Å². The predicted octanol–water partition coefficient (Wildman–Crippen LogP) is 3.26. The van der Waals surface area contributed by atoms with E-state index in [1.165, 1.54) is 5.56 Å². The Balaban J connectivity index is 2.56. The van der Waals surface area contributed by atoms with Crippen molar-refractivity contribution in [3.63, 3.8) is 0 Å². The molecule has 0 bridgehead atoms. The van der Waals surface area contributed by atoms with Gasteiger partial charge in [0.05, 0.1) is 5.76 Å². The Kier molecular flexibility index (Phi) is 1.69. The molecule has 0 atom stereocenters. The maximum atomic E-state index is 5.57. The Hall–Kier alpha value is -1.24. The first kappa shape index (κ1) is 8.36. The quantitative estimate of drug-likeness (QED) is 0.586. The van der Waals surface area contributed by atoms with Gasteiger partial charge in [0, 0.05) is 17.4 Å². The Morgan fingerprint density at radius 2 is 2.00 bits per heavy atom. The van der Waals surface area contributed by atoms with Crippen LogP contribution in [-0.2, 0) is 5.41 Å². The van der Waals surface area contributed by atoms with E-state index >= 15 is 0 Å². The fourth-order valence-corrected chi connectivity index (χ4v) is 1.89. The van der Waals surface area contributed by atoms with Gasteiger partial charge in [-0.15, -0.1) is 0 Å². The standard InChI is InChI=1S/C12H14O/c1-9-8-12(2,3)10-6-4-5-7-11(10)13-9/h4-7H,1,8H2,2-3H3. The monoisotopic (exact) mass is 174 g/mol. The summed E-state index contributed by atoms with van der Waals surface area (Å²) in [5, 5.41) is 0. The van der Waals surface area contributed by atoms with E-state index in [1.807, 2.05) is 12.1 Å². The van der Waals surface area contributed by atoms with E-state index in [9.17, 15) is 0 Å². The second kappa shape index (κ2) is 2.63. The lowest BCUT2D eigenvalue weighted by Gasteiger charge is -2.33. The number of rotatable bonds is 0. The normalized spacial score (nSPS) is 19.1. The molecule has 0 saturated heterocycles. The number of fused-ring (bicyclic) bond motifs is 1. The molecule has 68 valence electrons. The molecule has 0 saturated carbocycles. The Bertz CT molecular complexity index is 350. The fourth-order valence-electron chi connectivity index (χ4n) is 1.89. The highest BCUT2D eigenvalue weighted by molar-refractivity contribution is 5.42. The molecule has 13 heavy (non-hydrogen) atoms. The summed E-state index contributed by atoms with van der Waals surface area (Å²) in [5.41, 5.74) is 1.44. The maximum Gasteiger partial charge on any atom is 0.130 e. The molecular formula is C12H14O. The van der Waals surface area contributed by atoms with Crippen molar-refractivity contribution in [2.75, 3.05) is 0 Å². The number of para-hydroxylation sites is 1. The average Bonchev–Trinajstić information content (AvgIpc) is 2.02. The maximum absolute atomic E-state index is 5.57. The summed E-state index contributed by atoms with van der Waals surface area (Å²) in [4.78, 5) is 0. The van der Waals surface area contributed by atoms with Gasteiger partial charge in [0.2, 0.25) is 0 Å². The number of ether oxygens (including phenoxy) is 1. The van der Waals surface area contributed by atoms with Crippen LogP contribution in [0.3, 0.4) is 0 Å². The zero-order valence-corrected chi connectivity index (χ0v) is 8.13. The average molecular weight is 174 g/mol. The molecule has 0 amide bonds. The third kappa shape index (κ3) is 1.35. The van der Waals surface area contributed by atoms with E-state index in [0.717, 1.165) is 17.9 Å². The molecule has 1 aliphatic heterocycles. The zero-order valence-electron chi connectivity index (χ0n) is 8.13. The summed E-state index contributed by atoms with van der Waals surface area (Å²) in [6.45, 7) is 8.33. The molecule has 1 aromatic rings. The molecule has 0 unspecified atom stereocenters. The SMILES string of the molecule is C=C1CC(C)(C)c2ccccc2O1. The van der Waals surface area contributed by atoms with Crippen LogP contribution in [0.25, 0.3) is 0 Å². The Morgan fingerprint density at radius 3 is 2.77 bits per heavy atom. The first-order valence-corrected chi connectivity index (χ1v) is 4.55. The summed E-state index contributed by atoms with van der Waals surface area (Å²) >= 11 is 0. The van der Waals surface area contributed by atoms with E-state index in [1.54, 1.807) is 0 Å². The van der Waals surface area contributed by atoms with Crippen molar-refractivity contribution >= 4 is 0 Å². The second-order valence-electron chi connectivity index (χ2n) is 4.20. The first-order valence-electron chi connectivity index (χ1n) is 4.55. The first-order chi connectivity index (χ1) is 6.09. The van der Waals surface area contributed by atoms with Crippen molar-refractivity contribution in [1.82, 2.24) is 0 Å². The van der Waals surface area contributed by atoms with Gasteiger partial charge in [0.25, 0.3) is 0 Å². The number of hydrogen-bond donors (Lipinski definition) is 0. The number of benzene rings is 1. The molecule has 0 fully saturated rings. The molecule has 0 N–H and O–H groups in total. The highest BCUT2D eigenvalue weighted by Crippen LogP contribution is 2.41. The highest BCUT2D eigenvalue weighted by Gasteiger charge is 2.30. The molecule has 0 aromatic heterocycles. The third-order valence-corrected chi connectivity index (χ3v) is 2.51. The van der Waals surface area contributed by atoms with Crippen LogP contribution >= 0.6 is 0 Å². The summed E-state index contributed by atoms with van der Waals surface area (Å²) in [6, 6.07) is 8.18. The van der Waals surface area contributed by atoms with Gasteiger partial charge in [-0.25, -0.2) is 0 Å². The van der Waals surface area contributed by atoms with Crippen LogP contribution in [0, 0.1) is 0 Å². The van der Waals surface area contributed by atoms with E-state index in [4.69, 9.17) is 4.74 Å². The third-order valence-electron chi connectivity index (χ3n) is 2.51. The molecule has 1 aliphatic rings. The van der Waals surface area contributed by atoms with Crippen molar-refractivity contribution in [3.05, 3.63) is 42.2 Å². The molecule has 1 heteroatoms. The van der Waals surface area contributed by atoms with Crippen LogP contribution in [0.4, 0.5) is 0 Å². The minimum atomic E-state index is 0.159. The predicted molar refractivity (Wildman–Crippen MR) is 53.9 cm³/mol. The van der Waals surface area contributed by atoms with Crippen molar-refractivity contribution < 1.29 is 4.74 Å². The van der Waals surface area contributed by atoms with Crippen molar-refractivity contribution in [1.29, 1.82) is 0 Å². The highest BCUT2D eigenvalue weighted by atomic mass is 16.5. The largest absolute Gasteiger partial charge is 0.462 e. The van der Waals surface area contributed by atoms with Crippen LogP contribution < -0.4 is 4.74 Å². The summed E-state index contributed by atoms with van der Waals surface area (Å²) in [7, 11) is 0. The van der Waals surface area contributed by atoms with Gasteiger partial charge in [-0.1, -0.05) is 38.6 Å². The lowest BCUT2D eigenvalue weighted by Crippen LogP contribution is -2.24. The van der Waals surface area contributed by atoms with Gasteiger partial charge in [-0.05, 0) is 6.07 Å². The van der Waals surface area contributed by atoms with Crippen LogP contribution in [0.5, 0.6) is 5.75 Å². The van der Waals surface area contributed by atoms with Crippen molar-refractivity contribution in [2.24, 2.45) is 0 Å². The van der Waals surface area contributed by atoms with Gasteiger partial charge < -0.3 is 4.74 Å². The van der Waals surface area contributed by atoms with Crippen molar-refractivity contribution in [2.45, 2.75) is 25.7 Å². The topological polar surface area (TPSA) is 9.23 Å². The Labute approximate surface area is 79.0 Å². The molecule has 2 rings (SSSR count). The van der Waals surface area contributed by atoms with Crippen LogP contribution in [0.2, 0.25) is 0 Å². The molecule has 1 nitrogen and oxygen atoms in total. The smallest absolute Gasteiger partial charge is 0.130 e. The minimum Gasteiger partial charge on any atom is -0.462 e. The second-order valence-corrected chi connectivity index (χ2v) is 4.20.